The van der Waals surface area contributed by atoms with Gasteiger partial charge in [0.25, 0.3) is 0 Å². The SMILES string of the molecule is O=C(OCCCCO)C1CCCC(C(=O)OCCCCO)C1. The lowest BCUT2D eigenvalue weighted by atomic mass is 9.81. The van der Waals surface area contributed by atoms with Crippen LogP contribution in [0.2, 0.25) is 0 Å². The smallest absolute Gasteiger partial charge is 0.308 e. The van der Waals surface area contributed by atoms with Crippen molar-refractivity contribution in [3.05, 3.63) is 0 Å². The first-order valence-corrected chi connectivity index (χ1v) is 8.24. The number of esters is 2. The summed E-state index contributed by atoms with van der Waals surface area (Å²) in [5.41, 5.74) is 0. The molecular formula is C16H28O6. The fourth-order valence-electron chi connectivity index (χ4n) is 2.63. The topological polar surface area (TPSA) is 93.1 Å². The maximum atomic E-state index is 12.0. The van der Waals surface area contributed by atoms with Crippen LogP contribution in [0.1, 0.15) is 51.4 Å². The average Bonchev–Trinajstić information content (AvgIpc) is 2.55. The maximum absolute atomic E-state index is 12.0. The Morgan fingerprint density at radius 2 is 1.27 bits per heavy atom. The Balaban J connectivity index is 2.27. The minimum absolute atomic E-state index is 0.102. The third-order valence-corrected chi connectivity index (χ3v) is 3.93. The predicted molar refractivity (Wildman–Crippen MR) is 80.0 cm³/mol. The van der Waals surface area contributed by atoms with Crippen LogP contribution in [0.25, 0.3) is 0 Å². The summed E-state index contributed by atoms with van der Waals surface area (Å²) in [4.78, 5) is 23.9. The lowest BCUT2D eigenvalue weighted by Gasteiger charge is -2.26. The minimum Gasteiger partial charge on any atom is -0.465 e. The second-order valence-corrected chi connectivity index (χ2v) is 5.76. The van der Waals surface area contributed by atoms with Crippen LogP contribution < -0.4 is 0 Å². The Morgan fingerprint density at radius 3 is 1.68 bits per heavy atom. The van der Waals surface area contributed by atoms with Crippen molar-refractivity contribution in [1.82, 2.24) is 0 Å². The summed E-state index contributed by atoms with van der Waals surface area (Å²) < 4.78 is 10.4. The molecule has 0 aromatic heterocycles. The van der Waals surface area contributed by atoms with E-state index in [1.165, 1.54) is 0 Å². The van der Waals surface area contributed by atoms with Gasteiger partial charge in [0.05, 0.1) is 25.0 Å². The van der Waals surface area contributed by atoms with Crippen LogP contribution in [0.3, 0.4) is 0 Å². The molecule has 1 aliphatic rings. The quantitative estimate of drug-likeness (QED) is 0.468. The van der Waals surface area contributed by atoms with Crippen LogP contribution in [-0.4, -0.2) is 48.6 Å². The van der Waals surface area contributed by atoms with E-state index in [0.29, 0.717) is 45.3 Å². The molecule has 0 amide bonds. The molecule has 0 spiro atoms. The molecule has 0 bridgehead atoms. The maximum Gasteiger partial charge on any atom is 0.308 e. The molecular weight excluding hydrogens is 288 g/mol. The van der Waals surface area contributed by atoms with Crippen molar-refractivity contribution >= 4 is 11.9 Å². The Kier molecular flexibility index (Phi) is 9.82. The van der Waals surface area contributed by atoms with Gasteiger partial charge in [-0.15, -0.1) is 0 Å². The van der Waals surface area contributed by atoms with E-state index < -0.39 is 0 Å². The molecule has 0 heterocycles. The van der Waals surface area contributed by atoms with Crippen molar-refractivity contribution in [2.45, 2.75) is 51.4 Å². The molecule has 22 heavy (non-hydrogen) atoms. The molecule has 6 nitrogen and oxygen atoms in total. The van der Waals surface area contributed by atoms with Crippen molar-refractivity contribution in [3.8, 4) is 0 Å². The normalized spacial score (nSPS) is 21.4. The van der Waals surface area contributed by atoms with E-state index in [9.17, 15) is 9.59 Å². The van der Waals surface area contributed by atoms with Gasteiger partial charge in [-0.1, -0.05) is 6.42 Å². The molecule has 0 aromatic rings. The molecule has 0 saturated heterocycles. The highest BCUT2D eigenvalue weighted by Crippen LogP contribution is 2.30. The Hall–Kier alpha value is -1.14. The van der Waals surface area contributed by atoms with E-state index in [0.717, 1.165) is 19.3 Å². The lowest BCUT2D eigenvalue weighted by Crippen LogP contribution is -2.30. The first kappa shape index (κ1) is 18.9. The molecule has 2 N–H and O–H groups in total. The molecule has 1 saturated carbocycles. The van der Waals surface area contributed by atoms with Gasteiger partial charge in [-0.05, 0) is 44.9 Å². The van der Waals surface area contributed by atoms with E-state index in [1.54, 1.807) is 0 Å². The summed E-state index contributed by atoms with van der Waals surface area (Å²) in [5, 5.41) is 17.3. The molecule has 128 valence electrons. The standard InChI is InChI=1S/C16H28O6/c17-8-1-3-10-21-15(19)13-6-5-7-14(12-13)16(20)22-11-4-2-9-18/h13-14,17-18H,1-12H2. The number of aliphatic hydroxyl groups excluding tert-OH is 2. The van der Waals surface area contributed by atoms with Crippen LogP contribution in [0.5, 0.6) is 0 Å². The lowest BCUT2D eigenvalue weighted by molar-refractivity contribution is -0.155. The molecule has 2 atom stereocenters. The van der Waals surface area contributed by atoms with E-state index in [4.69, 9.17) is 19.7 Å². The van der Waals surface area contributed by atoms with Gasteiger partial charge in [0.15, 0.2) is 0 Å². The van der Waals surface area contributed by atoms with Gasteiger partial charge in [0.2, 0.25) is 0 Å². The number of hydrogen-bond donors (Lipinski definition) is 2. The van der Waals surface area contributed by atoms with Gasteiger partial charge in [0, 0.05) is 13.2 Å². The first-order valence-electron chi connectivity index (χ1n) is 8.24. The summed E-state index contributed by atoms with van der Waals surface area (Å²) in [6.07, 6.45) is 5.41. The number of carbonyl (C=O) groups is 2. The summed E-state index contributed by atoms with van der Waals surface area (Å²) in [6, 6.07) is 0. The van der Waals surface area contributed by atoms with Crippen LogP contribution >= 0.6 is 0 Å². The van der Waals surface area contributed by atoms with Gasteiger partial charge in [-0.2, -0.15) is 0 Å². The highest BCUT2D eigenvalue weighted by atomic mass is 16.5. The summed E-state index contributed by atoms with van der Waals surface area (Å²) in [7, 11) is 0. The van der Waals surface area contributed by atoms with Crippen molar-refractivity contribution in [2.24, 2.45) is 11.8 Å². The number of aliphatic hydroxyl groups is 2. The molecule has 1 rings (SSSR count). The fraction of sp³-hybridized carbons (Fsp3) is 0.875. The zero-order chi connectivity index (χ0) is 16.2. The van der Waals surface area contributed by atoms with Crippen LogP contribution in [0, 0.1) is 11.8 Å². The largest absolute Gasteiger partial charge is 0.465 e. The van der Waals surface area contributed by atoms with E-state index in [-0.39, 0.29) is 37.0 Å². The van der Waals surface area contributed by atoms with Gasteiger partial charge < -0.3 is 19.7 Å². The molecule has 1 aliphatic carbocycles. The second-order valence-electron chi connectivity index (χ2n) is 5.76. The number of rotatable bonds is 10. The third kappa shape index (κ3) is 7.22. The number of carbonyl (C=O) groups excluding carboxylic acids is 2. The summed E-state index contributed by atoms with van der Waals surface area (Å²) in [5.74, 6) is -0.929. The van der Waals surface area contributed by atoms with Crippen LogP contribution in [-0.2, 0) is 19.1 Å². The average molecular weight is 316 g/mol. The van der Waals surface area contributed by atoms with Crippen molar-refractivity contribution in [1.29, 1.82) is 0 Å². The van der Waals surface area contributed by atoms with Gasteiger partial charge in [-0.25, -0.2) is 0 Å². The van der Waals surface area contributed by atoms with Crippen molar-refractivity contribution in [3.63, 3.8) is 0 Å². The third-order valence-electron chi connectivity index (χ3n) is 3.93. The molecule has 0 aliphatic heterocycles. The van der Waals surface area contributed by atoms with Crippen LogP contribution in [0.4, 0.5) is 0 Å². The first-order chi connectivity index (χ1) is 10.7. The summed E-state index contributed by atoms with van der Waals surface area (Å²) >= 11 is 0. The number of hydrogen-bond acceptors (Lipinski definition) is 6. The monoisotopic (exact) mass is 316 g/mol. The molecule has 0 radical (unpaired) electrons. The van der Waals surface area contributed by atoms with E-state index in [1.807, 2.05) is 0 Å². The van der Waals surface area contributed by atoms with Crippen LogP contribution in [0.15, 0.2) is 0 Å². The van der Waals surface area contributed by atoms with Crippen molar-refractivity contribution < 1.29 is 29.3 Å². The number of ether oxygens (including phenoxy) is 2. The van der Waals surface area contributed by atoms with Gasteiger partial charge in [0.1, 0.15) is 0 Å². The highest BCUT2D eigenvalue weighted by Gasteiger charge is 2.32. The number of unbranched alkanes of at least 4 members (excludes halogenated alkanes) is 2. The van der Waals surface area contributed by atoms with Crippen molar-refractivity contribution in [2.75, 3.05) is 26.4 Å². The Bertz CT molecular complexity index is 301. The zero-order valence-electron chi connectivity index (χ0n) is 13.2. The summed E-state index contributed by atoms with van der Waals surface area (Å²) in [6.45, 7) is 0.856. The molecule has 0 aromatic carbocycles. The Morgan fingerprint density at radius 1 is 0.818 bits per heavy atom. The van der Waals surface area contributed by atoms with E-state index >= 15 is 0 Å². The highest BCUT2D eigenvalue weighted by molar-refractivity contribution is 5.76. The zero-order valence-corrected chi connectivity index (χ0v) is 13.2. The molecule has 2 unspecified atom stereocenters. The van der Waals surface area contributed by atoms with Gasteiger partial charge in [-0.3, -0.25) is 9.59 Å². The molecule has 1 fully saturated rings. The Labute approximate surface area is 131 Å². The second kappa shape index (κ2) is 11.4. The van der Waals surface area contributed by atoms with E-state index in [2.05, 4.69) is 0 Å². The van der Waals surface area contributed by atoms with Gasteiger partial charge >= 0.3 is 11.9 Å². The molecule has 6 heteroatoms. The fourth-order valence-corrected chi connectivity index (χ4v) is 2.63. The minimum atomic E-state index is -0.240. The predicted octanol–water partition coefficient (Wildman–Crippen LogP) is 1.42.